The topological polar surface area (TPSA) is 25.8 Å². The Labute approximate surface area is 112 Å². The first-order valence-corrected chi connectivity index (χ1v) is 6.32. The maximum absolute atomic E-state index is 3.67. The molecule has 2 aromatic carbocycles. The van der Waals surface area contributed by atoms with Gasteiger partial charge in [0, 0.05) is 12.4 Å². The number of hydrogen-bond acceptors (Lipinski definition) is 2. The second-order valence-corrected chi connectivity index (χ2v) is 4.37. The Bertz CT molecular complexity index is 671. The van der Waals surface area contributed by atoms with Crippen LogP contribution >= 0.6 is 0 Å². The monoisotopic (exact) mass is 246 g/mol. The molecule has 1 aromatic heterocycles. The van der Waals surface area contributed by atoms with Gasteiger partial charge in [-0.05, 0) is 34.4 Å². The molecule has 1 heterocycles. The van der Waals surface area contributed by atoms with E-state index in [1.165, 1.54) is 28.2 Å². The molecule has 0 amide bonds. The Balaban J connectivity index is 0.000000155. The summed E-state index contributed by atoms with van der Waals surface area (Å²) >= 11 is 0. The second kappa shape index (κ2) is 5.44. The summed E-state index contributed by atoms with van der Waals surface area (Å²) in [5, 5.41) is 2.80. The number of hydrogen-bond donors (Lipinski definition) is 0. The number of benzene rings is 2. The van der Waals surface area contributed by atoms with Crippen LogP contribution in [0.2, 0.25) is 0 Å². The molecule has 0 bridgehead atoms. The quantitative estimate of drug-likeness (QED) is 0.601. The van der Waals surface area contributed by atoms with Crippen LogP contribution < -0.4 is 0 Å². The van der Waals surface area contributed by atoms with Crippen LogP contribution in [0.1, 0.15) is 11.1 Å². The molecule has 4 rings (SSSR count). The molecular weight excluding hydrogens is 232 g/mol. The standard InChI is InChI=1S/C13H10.C4H4N2/c1-4-10-6-2-8-12-9-3-7-11(5-1)13(10)12;1-2-5-4-6-3-1/h1-8H,9H2;1-4H. The highest BCUT2D eigenvalue weighted by molar-refractivity contribution is 5.94. The molecule has 2 heteroatoms. The van der Waals surface area contributed by atoms with E-state index in [9.17, 15) is 0 Å². The van der Waals surface area contributed by atoms with Gasteiger partial charge in [-0.3, -0.25) is 0 Å². The van der Waals surface area contributed by atoms with Gasteiger partial charge < -0.3 is 0 Å². The van der Waals surface area contributed by atoms with Crippen LogP contribution in [-0.4, -0.2) is 9.97 Å². The first-order valence-electron chi connectivity index (χ1n) is 6.32. The molecule has 1 aliphatic rings. The van der Waals surface area contributed by atoms with Crippen LogP contribution in [0, 0.1) is 0 Å². The lowest BCUT2D eigenvalue weighted by Gasteiger charge is -2.11. The van der Waals surface area contributed by atoms with Crippen LogP contribution in [0.15, 0.2) is 67.3 Å². The van der Waals surface area contributed by atoms with E-state index in [1.54, 1.807) is 18.5 Å². The zero-order chi connectivity index (χ0) is 12.9. The van der Waals surface area contributed by atoms with Crippen molar-refractivity contribution in [1.82, 2.24) is 9.97 Å². The smallest absolute Gasteiger partial charge is 0.115 e. The van der Waals surface area contributed by atoms with Crippen LogP contribution in [-0.2, 0) is 6.42 Å². The summed E-state index contributed by atoms with van der Waals surface area (Å²) in [5.41, 5.74) is 2.81. The molecule has 0 fully saturated rings. The molecule has 19 heavy (non-hydrogen) atoms. The normalized spacial score (nSPS) is 11.8. The van der Waals surface area contributed by atoms with E-state index in [1.807, 2.05) is 0 Å². The van der Waals surface area contributed by atoms with Crippen molar-refractivity contribution >= 4 is 16.8 Å². The Morgan fingerprint density at radius 3 is 2.32 bits per heavy atom. The second-order valence-electron chi connectivity index (χ2n) is 4.37. The Morgan fingerprint density at radius 1 is 0.842 bits per heavy atom. The average molecular weight is 246 g/mol. The van der Waals surface area contributed by atoms with E-state index >= 15 is 0 Å². The van der Waals surface area contributed by atoms with Crippen LogP contribution in [0.4, 0.5) is 0 Å². The molecule has 0 unspecified atom stereocenters. The zero-order valence-electron chi connectivity index (χ0n) is 10.5. The summed E-state index contributed by atoms with van der Waals surface area (Å²) in [6.45, 7) is 0. The van der Waals surface area contributed by atoms with Gasteiger partial charge in [-0.15, -0.1) is 0 Å². The summed E-state index contributed by atoms with van der Waals surface area (Å²) in [6, 6.07) is 14.8. The fourth-order valence-electron chi connectivity index (χ4n) is 2.32. The van der Waals surface area contributed by atoms with Gasteiger partial charge in [0.15, 0.2) is 0 Å². The lowest BCUT2D eigenvalue weighted by atomic mass is 9.93. The molecule has 0 saturated carbocycles. The lowest BCUT2D eigenvalue weighted by Crippen LogP contribution is -1.91. The van der Waals surface area contributed by atoms with Crippen molar-refractivity contribution in [3.63, 3.8) is 0 Å². The van der Waals surface area contributed by atoms with Crippen molar-refractivity contribution in [1.29, 1.82) is 0 Å². The number of nitrogens with zero attached hydrogens (tertiary/aromatic N) is 2. The molecule has 3 aromatic rings. The average Bonchev–Trinajstić information content (AvgIpc) is 2.51. The van der Waals surface area contributed by atoms with Gasteiger partial charge in [0.25, 0.3) is 0 Å². The van der Waals surface area contributed by atoms with Crippen molar-refractivity contribution in [2.24, 2.45) is 0 Å². The third kappa shape index (κ3) is 2.52. The summed E-state index contributed by atoms with van der Waals surface area (Å²) in [7, 11) is 0. The minimum Gasteiger partial charge on any atom is -0.245 e. The van der Waals surface area contributed by atoms with E-state index in [0.29, 0.717) is 0 Å². The van der Waals surface area contributed by atoms with Gasteiger partial charge in [0.05, 0.1) is 0 Å². The molecule has 0 N–H and O–H groups in total. The van der Waals surface area contributed by atoms with E-state index in [0.717, 1.165) is 6.42 Å². The number of rotatable bonds is 0. The van der Waals surface area contributed by atoms with Crippen molar-refractivity contribution in [3.05, 3.63) is 78.4 Å². The summed E-state index contributed by atoms with van der Waals surface area (Å²) in [5.74, 6) is 0. The van der Waals surface area contributed by atoms with E-state index in [4.69, 9.17) is 0 Å². The highest BCUT2D eigenvalue weighted by Gasteiger charge is 2.06. The third-order valence-electron chi connectivity index (χ3n) is 3.14. The fourth-order valence-corrected chi connectivity index (χ4v) is 2.32. The van der Waals surface area contributed by atoms with Crippen LogP contribution in [0.25, 0.3) is 16.8 Å². The molecule has 1 aliphatic carbocycles. The maximum atomic E-state index is 3.67. The van der Waals surface area contributed by atoms with Crippen molar-refractivity contribution in [3.8, 4) is 0 Å². The van der Waals surface area contributed by atoms with E-state index in [2.05, 4.69) is 58.5 Å². The van der Waals surface area contributed by atoms with Gasteiger partial charge >= 0.3 is 0 Å². The summed E-state index contributed by atoms with van der Waals surface area (Å²) in [6.07, 6.45) is 10.4. The Hall–Kier alpha value is -2.48. The summed E-state index contributed by atoms with van der Waals surface area (Å²) < 4.78 is 0. The minimum absolute atomic E-state index is 1.08. The van der Waals surface area contributed by atoms with Crippen molar-refractivity contribution in [2.45, 2.75) is 6.42 Å². The SMILES string of the molecule is C1=Cc2cccc3cccc(c23)C1.c1cncnc1. The number of allylic oxidation sites excluding steroid dienone is 1. The van der Waals surface area contributed by atoms with Gasteiger partial charge in [-0.2, -0.15) is 0 Å². The zero-order valence-corrected chi connectivity index (χ0v) is 10.5. The molecule has 0 aliphatic heterocycles. The maximum Gasteiger partial charge on any atom is 0.115 e. The molecule has 0 radical (unpaired) electrons. The number of aromatic nitrogens is 2. The molecular formula is C17H14N2. The Kier molecular flexibility index (Phi) is 3.32. The lowest BCUT2D eigenvalue weighted by molar-refractivity contribution is 1.17. The fraction of sp³-hybridized carbons (Fsp3) is 0.0588. The first-order chi connectivity index (χ1) is 9.45. The molecule has 92 valence electrons. The van der Waals surface area contributed by atoms with Gasteiger partial charge in [0.1, 0.15) is 6.33 Å². The largest absolute Gasteiger partial charge is 0.245 e. The van der Waals surface area contributed by atoms with Crippen molar-refractivity contribution < 1.29 is 0 Å². The highest BCUT2D eigenvalue weighted by Crippen LogP contribution is 2.27. The van der Waals surface area contributed by atoms with E-state index < -0.39 is 0 Å². The molecule has 0 spiro atoms. The Morgan fingerprint density at radius 2 is 1.63 bits per heavy atom. The molecule has 0 atom stereocenters. The van der Waals surface area contributed by atoms with Crippen LogP contribution in [0.5, 0.6) is 0 Å². The molecule has 2 nitrogen and oxygen atoms in total. The predicted octanol–water partition coefficient (Wildman–Crippen LogP) is 3.89. The van der Waals surface area contributed by atoms with Gasteiger partial charge in [-0.25, -0.2) is 9.97 Å². The predicted molar refractivity (Wildman–Crippen MR) is 78.7 cm³/mol. The van der Waals surface area contributed by atoms with Crippen molar-refractivity contribution in [2.75, 3.05) is 0 Å². The highest BCUT2D eigenvalue weighted by atomic mass is 14.8. The van der Waals surface area contributed by atoms with Gasteiger partial charge in [-0.1, -0.05) is 48.6 Å². The van der Waals surface area contributed by atoms with E-state index in [-0.39, 0.29) is 0 Å². The third-order valence-corrected chi connectivity index (χ3v) is 3.14. The summed E-state index contributed by atoms with van der Waals surface area (Å²) in [4.78, 5) is 7.35. The van der Waals surface area contributed by atoms with Gasteiger partial charge in [0.2, 0.25) is 0 Å². The minimum atomic E-state index is 1.08. The first kappa shape index (κ1) is 11.6. The molecule has 0 saturated heterocycles. The van der Waals surface area contributed by atoms with Crippen LogP contribution in [0.3, 0.4) is 0 Å².